The Kier molecular flexibility index (Phi) is 2.25. The van der Waals surface area contributed by atoms with Gasteiger partial charge in [-0.25, -0.2) is 13.8 Å². The summed E-state index contributed by atoms with van der Waals surface area (Å²) in [6.45, 7) is 0.730. The average molecular weight is 229 g/mol. The minimum atomic E-state index is -2.67. The first-order chi connectivity index (χ1) is 7.39. The molecule has 1 aliphatic heterocycles. The Morgan fingerprint density at radius 2 is 2.12 bits per heavy atom. The van der Waals surface area contributed by atoms with E-state index in [1.54, 1.807) is 0 Å². The van der Waals surface area contributed by atoms with Gasteiger partial charge in [0.05, 0.1) is 18.0 Å². The van der Waals surface area contributed by atoms with E-state index in [9.17, 15) is 18.9 Å². The second kappa shape index (κ2) is 3.36. The van der Waals surface area contributed by atoms with Crippen LogP contribution in [0.15, 0.2) is 12.1 Å². The molecule has 0 radical (unpaired) electrons. The summed E-state index contributed by atoms with van der Waals surface area (Å²) in [5, 5.41) is 10.5. The zero-order chi connectivity index (χ0) is 11.9. The first-order valence-corrected chi connectivity index (χ1v) is 4.64. The number of nitro groups is 1. The maximum Gasteiger partial charge on any atom is 0.290 e. The van der Waals surface area contributed by atoms with Gasteiger partial charge in [-0.3, -0.25) is 10.1 Å². The van der Waals surface area contributed by atoms with Crippen LogP contribution >= 0.6 is 0 Å². The van der Waals surface area contributed by atoms with E-state index in [1.807, 2.05) is 0 Å². The van der Waals surface area contributed by atoms with Crippen molar-refractivity contribution in [2.24, 2.45) is 0 Å². The van der Waals surface area contributed by atoms with E-state index in [0.29, 0.717) is 5.82 Å². The zero-order valence-corrected chi connectivity index (χ0v) is 8.48. The molecule has 1 fully saturated rings. The van der Waals surface area contributed by atoms with Crippen molar-refractivity contribution < 1.29 is 13.7 Å². The second-order valence-electron chi connectivity index (χ2n) is 3.74. The number of pyridine rings is 1. The molecule has 1 saturated heterocycles. The number of hydrogen-bond donors (Lipinski definition) is 0. The molecule has 1 aromatic rings. The van der Waals surface area contributed by atoms with Gasteiger partial charge in [0.1, 0.15) is 11.5 Å². The minimum Gasteiger partial charge on any atom is -0.344 e. The molecule has 0 amide bonds. The molecule has 0 bridgehead atoms. The molecule has 0 spiro atoms. The molecule has 0 aromatic carbocycles. The van der Waals surface area contributed by atoms with Crippen molar-refractivity contribution in [1.82, 2.24) is 4.98 Å². The first-order valence-electron chi connectivity index (χ1n) is 4.64. The van der Waals surface area contributed by atoms with Gasteiger partial charge in [0.2, 0.25) is 0 Å². The molecular formula is C9H9F2N3O2. The van der Waals surface area contributed by atoms with Crippen LogP contribution in [0.25, 0.3) is 0 Å². The zero-order valence-electron chi connectivity index (χ0n) is 8.48. The molecule has 7 heteroatoms. The highest BCUT2D eigenvalue weighted by Crippen LogP contribution is 2.31. The number of nitrogens with zero attached hydrogens (tertiary/aromatic N) is 3. The fourth-order valence-electron chi connectivity index (χ4n) is 1.58. The predicted octanol–water partition coefficient (Wildman–Crippen LogP) is 1.75. The van der Waals surface area contributed by atoms with Crippen LogP contribution in [-0.4, -0.2) is 28.9 Å². The number of halogens is 2. The highest BCUT2D eigenvalue weighted by Gasteiger charge is 2.44. The summed E-state index contributed by atoms with van der Waals surface area (Å²) in [7, 11) is 0. The third-order valence-corrected chi connectivity index (χ3v) is 2.41. The highest BCUT2D eigenvalue weighted by atomic mass is 19.3. The van der Waals surface area contributed by atoms with Gasteiger partial charge >= 0.3 is 0 Å². The van der Waals surface area contributed by atoms with Crippen molar-refractivity contribution in [1.29, 1.82) is 0 Å². The van der Waals surface area contributed by atoms with Crippen molar-refractivity contribution in [2.45, 2.75) is 12.8 Å². The van der Waals surface area contributed by atoms with Gasteiger partial charge in [0, 0.05) is 6.07 Å². The van der Waals surface area contributed by atoms with Crippen LogP contribution in [0.2, 0.25) is 0 Å². The molecule has 0 unspecified atom stereocenters. The number of rotatable bonds is 2. The van der Waals surface area contributed by atoms with Gasteiger partial charge in [-0.05, 0) is 13.0 Å². The van der Waals surface area contributed by atoms with Gasteiger partial charge in [-0.15, -0.1) is 0 Å². The second-order valence-corrected chi connectivity index (χ2v) is 3.74. The molecule has 2 rings (SSSR count). The van der Waals surface area contributed by atoms with Gasteiger partial charge in [0.15, 0.2) is 0 Å². The Bertz CT molecular complexity index is 442. The van der Waals surface area contributed by atoms with Crippen molar-refractivity contribution in [3.05, 3.63) is 27.9 Å². The summed E-state index contributed by atoms with van der Waals surface area (Å²) in [5.41, 5.74) is 0.133. The molecule has 0 aliphatic carbocycles. The maximum atomic E-state index is 12.6. The number of hydrogen-bond acceptors (Lipinski definition) is 4. The normalized spacial score (nSPS) is 18.1. The van der Waals surface area contributed by atoms with Crippen LogP contribution in [0.3, 0.4) is 0 Å². The van der Waals surface area contributed by atoms with Crippen molar-refractivity contribution in [2.75, 3.05) is 18.0 Å². The summed E-state index contributed by atoms with van der Waals surface area (Å²) in [6, 6.07) is 2.68. The number of alkyl halides is 2. The summed E-state index contributed by atoms with van der Waals surface area (Å²) < 4.78 is 25.2. The SMILES string of the molecule is Cc1nc(N2CC(F)(F)C2)ccc1[N+](=O)[O-]. The van der Waals surface area contributed by atoms with E-state index in [2.05, 4.69) is 4.98 Å². The Hall–Kier alpha value is -1.79. The lowest BCUT2D eigenvalue weighted by Crippen LogP contribution is -2.56. The largest absolute Gasteiger partial charge is 0.344 e. The number of aryl methyl sites for hydroxylation is 1. The van der Waals surface area contributed by atoms with Crippen molar-refractivity contribution in [3.63, 3.8) is 0 Å². The summed E-state index contributed by atoms with van der Waals surface area (Å²) in [5.74, 6) is -2.31. The first kappa shape index (κ1) is 10.7. The van der Waals surface area contributed by atoms with E-state index in [4.69, 9.17) is 0 Å². The Morgan fingerprint density at radius 1 is 1.50 bits per heavy atom. The van der Waals surface area contributed by atoms with Crippen LogP contribution in [0, 0.1) is 17.0 Å². The fraction of sp³-hybridized carbons (Fsp3) is 0.444. The van der Waals surface area contributed by atoms with Crippen LogP contribution in [0.4, 0.5) is 20.3 Å². The van der Waals surface area contributed by atoms with Crippen LogP contribution in [0.1, 0.15) is 5.69 Å². The summed E-state index contributed by atoms with van der Waals surface area (Å²) in [4.78, 5) is 15.3. The molecule has 86 valence electrons. The molecule has 1 aliphatic rings. The standard InChI is InChI=1S/C9H9F2N3O2/c1-6-7(14(15)16)2-3-8(12-6)13-4-9(10,11)5-13/h2-3H,4-5H2,1H3. The average Bonchev–Trinajstić information content (AvgIpc) is 2.13. The Labute approximate surface area is 89.8 Å². The van der Waals surface area contributed by atoms with E-state index >= 15 is 0 Å². The molecule has 0 N–H and O–H groups in total. The van der Waals surface area contributed by atoms with E-state index in [1.165, 1.54) is 24.0 Å². The third-order valence-electron chi connectivity index (χ3n) is 2.41. The smallest absolute Gasteiger partial charge is 0.290 e. The lowest BCUT2D eigenvalue weighted by Gasteiger charge is -2.39. The topological polar surface area (TPSA) is 59.3 Å². The molecule has 5 nitrogen and oxygen atoms in total. The van der Waals surface area contributed by atoms with Gasteiger partial charge in [-0.2, -0.15) is 0 Å². The maximum absolute atomic E-state index is 12.6. The molecule has 2 heterocycles. The van der Waals surface area contributed by atoms with Gasteiger partial charge in [-0.1, -0.05) is 0 Å². The molecule has 0 atom stereocenters. The summed E-state index contributed by atoms with van der Waals surface area (Å²) in [6.07, 6.45) is 0. The van der Waals surface area contributed by atoms with Crippen molar-refractivity contribution in [3.8, 4) is 0 Å². The molecule has 0 saturated carbocycles. The Morgan fingerprint density at radius 3 is 2.56 bits per heavy atom. The van der Waals surface area contributed by atoms with Crippen molar-refractivity contribution >= 4 is 11.5 Å². The lowest BCUT2D eigenvalue weighted by atomic mass is 10.1. The van der Waals surface area contributed by atoms with Crippen LogP contribution in [0.5, 0.6) is 0 Å². The lowest BCUT2D eigenvalue weighted by molar-refractivity contribution is -0.385. The van der Waals surface area contributed by atoms with Gasteiger partial charge in [0.25, 0.3) is 11.6 Å². The number of anilines is 1. The van der Waals surface area contributed by atoms with Gasteiger partial charge < -0.3 is 4.90 Å². The predicted molar refractivity (Wildman–Crippen MR) is 52.8 cm³/mol. The van der Waals surface area contributed by atoms with E-state index in [-0.39, 0.29) is 24.5 Å². The number of aromatic nitrogens is 1. The highest BCUT2D eigenvalue weighted by molar-refractivity contribution is 5.49. The molecular weight excluding hydrogens is 220 g/mol. The fourth-order valence-corrected chi connectivity index (χ4v) is 1.58. The minimum absolute atomic E-state index is 0.101. The molecule has 16 heavy (non-hydrogen) atoms. The van der Waals surface area contributed by atoms with Crippen LogP contribution < -0.4 is 4.90 Å². The van der Waals surface area contributed by atoms with Crippen LogP contribution in [-0.2, 0) is 0 Å². The monoisotopic (exact) mass is 229 g/mol. The van der Waals surface area contributed by atoms with E-state index < -0.39 is 10.8 Å². The van der Waals surface area contributed by atoms with E-state index in [0.717, 1.165) is 0 Å². The third kappa shape index (κ3) is 1.80. The quantitative estimate of drug-likeness (QED) is 0.572. The Balaban J connectivity index is 2.20. The summed E-state index contributed by atoms with van der Waals surface area (Å²) >= 11 is 0. The molecule has 1 aromatic heterocycles.